The van der Waals surface area contributed by atoms with Crippen molar-refractivity contribution < 1.29 is 9.90 Å². The molecule has 1 fully saturated rings. The van der Waals surface area contributed by atoms with Gasteiger partial charge in [-0.25, -0.2) is 0 Å². The molecule has 1 amide bonds. The third-order valence-corrected chi connectivity index (χ3v) is 4.61. The number of carbonyl (C=O) groups excluding carboxylic acids is 1. The molecule has 98 valence electrons. The van der Waals surface area contributed by atoms with Gasteiger partial charge >= 0.3 is 0 Å². The Balaban J connectivity index is 2.03. The van der Waals surface area contributed by atoms with E-state index < -0.39 is 0 Å². The third kappa shape index (κ3) is 3.24. The fraction of sp³-hybridized carbons (Fsp3) is 0.462. The van der Waals surface area contributed by atoms with Crippen LogP contribution < -0.4 is 0 Å². The highest BCUT2D eigenvalue weighted by molar-refractivity contribution is 14.1. The topological polar surface area (TPSA) is 40.5 Å². The van der Waals surface area contributed by atoms with Crippen molar-refractivity contribution in [2.75, 3.05) is 13.6 Å². The van der Waals surface area contributed by atoms with E-state index >= 15 is 0 Å². The summed E-state index contributed by atoms with van der Waals surface area (Å²) in [5.41, 5.74) is 0.698. The summed E-state index contributed by atoms with van der Waals surface area (Å²) in [5, 5.41) is 9.26. The first-order chi connectivity index (χ1) is 8.47. The summed E-state index contributed by atoms with van der Waals surface area (Å²) in [4.78, 5) is 14.0. The van der Waals surface area contributed by atoms with Crippen molar-refractivity contribution in [1.29, 1.82) is 0 Å². The molecule has 18 heavy (non-hydrogen) atoms. The van der Waals surface area contributed by atoms with E-state index in [1.807, 2.05) is 25.2 Å². The lowest BCUT2D eigenvalue weighted by Crippen LogP contribution is -2.39. The van der Waals surface area contributed by atoms with E-state index in [1.54, 1.807) is 4.90 Å². The van der Waals surface area contributed by atoms with E-state index in [2.05, 4.69) is 38.5 Å². The number of halogens is 2. The minimum absolute atomic E-state index is 0.0294. The van der Waals surface area contributed by atoms with Gasteiger partial charge in [0, 0.05) is 21.6 Å². The zero-order valence-corrected chi connectivity index (χ0v) is 13.8. The molecule has 0 atom stereocenters. The summed E-state index contributed by atoms with van der Waals surface area (Å²) >= 11 is 5.62. The number of rotatable bonds is 3. The monoisotopic (exact) mass is 423 g/mol. The molecule has 1 aliphatic rings. The van der Waals surface area contributed by atoms with Gasteiger partial charge in [-0.15, -0.1) is 0 Å². The van der Waals surface area contributed by atoms with Gasteiger partial charge in [0.25, 0.3) is 5.91 Å². The van der Waals surface area contributed by atoms with Crippen LogP contribution in [0, 0.1) is 9.49 Å². The molecule has 3 nitrogen and oxygen atoms in total. The molecule has 0 aromatic heterocycles. The number of aliphatic hydroxyl groups excluding tert-OH is 1. The normalized spacial score (nSPS) is 22.4. The van der Waals surface area contributed by atoms with Crippen LogP contribution >= 0.6 is 38.5 Å². The largest absolute Gasteiger partial charge is 0.393 e. The molecule has 0 unspecified atom stereocenters. The van der Waals surface area contributed by atoms with Crippen molar-refractivity contribution in [3.63, 3.8) is 0 Å². The lowest BCUT2D eigenvalue weighted by molar-refractivity contribution is 0.0265. The van der Waals surface area contributed by atoms with Crippen LogP contribution in [0.15, 0.2) is 22.7 Å². The Hall–Kier alpha value is -0.140. The number of aliphatic hydroxyl groups is 1. The van der Waals surface area contributed by atoms with Crippen LogP contribution in [0.4, 0.5) is 0 Å². The maximum absolute atomic E-state index is 12.3. The summed E-state index contributed by atoms with van der Waals surface area (Å²) in [6.45, 7) is 0.716. The lowest BCUT2D eigenvalue weighted by Gasteiger charge is -2.34. The van der Waals surface area contributed by atoms with Gasteiger partial charge in [-0.3, -0.25) is 4.79 Å². The zero-order chi connectivity index (χ0) is 13.3. The van der Waals surface area contributed by atoms with E-state index in [1.165, 1.54) is 0 Å². The molecule has 1 saturated carbocycles. The maximum atomic E-state index is 12.3. The van der Waals surface area contributed by atoms with E-state index in [-0.39, 0.29) is 12.0 Å². The first-order valence-corrected chi connectivity index (χ1v) is 7.73. The van der Waals surface area contributed by atoms with Gasteiger partial charge in [0.2, 0.25) is 0 Å². The second-order valence-electron chi connectivity index (χ2n) is 4.80. The number of nitrogens with zero attached hydrogens (tertiary/aromatic N) is 1. The molecule has 0 aliphatic heterocycles. The number of carbonyl (C=O) groups is 1. The smallest absolute Gasteiger partial charge is 0.254 e. The van der Waals surface area contributed by atoms with Crippen LogP contribution in [-0.2, 0) is 0 Å². The first-order valence-electron chi connectivity index (χ1n) is 5.86. The predicted octanol–water partition coefficient (Wildman–Crippen LogP) is 2.90. The highest BCUT2D eigenvalue weighted by atomic mass is 127. The quantitative estimate of drug-likeness (QED) is 0.759. The summed E-state index contributed by atoms with van der Waals surface area (Å²) in [7, 11) is 1.82. The Morgan fingerprint density at radius 1 is 1.56 bits per heavy atom. The molecule has 0 heterocycles. The summed E-state index contributed by atoms with van der Waals surface area (Å²) in [5.74, 6) is 0.470. The number of benzene rings is 1. The molecule has 0 spiro atoms. The van der Waals surface area contributed by atoms with Crippen LogP contribution in [0.5, 0.6) is 0 Å². The van der Waals surface area contributed by atoms with Crippen LogP contribution in [0.3, 0.4) is 0 Å². The average molecular weight is 424 g/mol. The molecular formula is C13H15BrINO2. The molecule has 5 heteroatoms. The van der Waals surface area contributed by atoms with Gasteiger partial charge in [0.15, 0.2) is 0 Å². The van der Waals surface area contributed by atoms with Crippen LogP contribution in [0.25, 0.3) is 0 Å². The SMILES string of the molecule is CN(CC1CC(O)C1)C(=O)c1cc(I)ccc1Br. The molecule has 0 radical (unpaired) electrons. The van der Waals surface area contributed by atoms with Crippen molar-refractivity contribution >= 4 is 44.4 Å². The second kappa shape index (κ2) is 5.88. The van der Waals surface area contributed by atoms with Crippen LogP contribution in [0.1, 0.15) is 23.2 Å². The minimum Gasteiger partial charge on any atom is -0.393 e. The second-order valence-corrected chi connectivity index (χ2v) is 6.90. The lowest BCUT2D eigenvalue weighted by atomic mass is 9.82. The Bertz CT molecular complexity index is 460. The molecular weight excluding hydrogens is 409 g/mol. The summed E-state index contributed by atoms with van der Waals surface area (Å²) < 4.78 is 1.88. The van der Waals surface area contributed by atoms with Gasteiger partial charge in [0.1, 0.15) is 0 Å². The number of hydrogen-bond acceptors (Lipinski definition) is 2. The molecule has 1 N–H and O–H groups in total. The maximum Gasteiger partial charge on any atom is 0.254 e. The fourth-order valence-corrected chi connectivity index (χ4v) is 3.09. The van der Waals surface area contributed by atoms with Crippen molar-refractivity contribution in [3.05, 3.63) is 31.8 Å². The Labute approximate surface area is 129 Å². The van der Waals surface area contributed by atoms with E-state index in [4.69, 9.17) is 0 Å². The van der Waals surface area contributed by atoms with Crippen LogP contribution in [0.2, 0.25) is 0 Å². The standard InChI is InChI=1S/C13H15BrINO2/c1-16(7-8-4-10(17)5-8)13(18)11-6-9(15)2-3-12(11)14/h2-3,6,8,10,17H,4-5,7H2,1H3. The van der Waals surface area contributed by atoms with Crippen LogP contribution in [-0.4, -0.2) is 35.6 Å². The molecule has 1 aromatic rings. The van der Waals surface area contributed by atoms with Gasteiger partial charge < -0.3 is 10.0 Å². The summed E-state index contributed by atoms with van der Waals surface area (Å²) in [6, 6.07) is 5.75. The van der Waals surface area contributed by atoms with Crippen molar-refractivity contribution in [1.82, 2.24) is 4.90 Å². The van der Waals surface area contributed by atoms with Gasteiger partial charge in [0.05, 0.1) is 11.7 Å². The highest BCUT2D eigenvalue weighted by Gasteiger charge is 2.29. The Kier molecular flexibility index (Phi) is 4.66. The van der Waals surface area contributed by atoms with Crippen molar-refractivity contribution in [2.45, 2.75) is 18.9 Å². The predicted molar refractivity (Wildman–Crippen MR) is 82.6 cm³/mol. The van der Waals surface area contributed by atoms with E-state index in [0.29, 0.717) is 18.0 Å². The molecule has 0 saturated heterocycles. The van der Waals surface area contributed by atoms with Crippen molar-refractivity contribution in [3.8, 4) is 0 Å². The summed E-state index contributed by atoms with van der Waals surface area (Å²) in [6.07, 6.45) is 1.46. The molecule has 2 rings (SSSR count). The van der Waals surface area contributed by atoms with E-state index in [0.717, 1.165) is 20.9 Å². The molecule has 0 bridgehead atoms. The van der Waals surface area contributed by atoms with Gasteiger partial charge in [-0.1, -0.05) is 0 Å². The first kappa shape index (κ1) is 14.3. The Morgan fingerprint density at radius 2 is 2.22 bits per heavy atom. The van der Waals surface area contributed by atoms with Gasteiger partial charge in [-0.2, -0.15) is 0 Å². The molecule has 1 aliphatic carbocycles. The fourth-order valence-electron chi connectivity index (χ4n) is 2.19. The van der Waals surface area contributed by atoms with Gasteiger partial charge in [-0.05, 0) is 75.5 Å². The zero-order valence-electron chi connectivity index (χ0n) is 10.1. The average Bonchev–Trinajstić information content (AvgIpc) is 2.29. The third-order valence-electron chi connectivity index (χ3n) is 3.25. The molecule has 1 aromatic carbocycles. The van der Waals surface area contributed by atoms with E-state index in [9.17, 15) is 9.90 Å². The Morgan fingerprint density at radius 3 is 2.83 bits per heavy atom. The minimum atomic E-state index is -0.164. The highest BCUT2D eigenvalue weighted by Crippen LogP contribution is 2.28. The number of hydrogen-bond donors (Lipinski definition) is 1. The number of amides is 1. The van der Waals surface area contributed by atoms with Crippen molar-refractivity contribution in [2.24, 2.45) is 5.92 Å².